The van der Waals surface area contributed by atoms with E-state index in [1.54, 1.807) is 19.9 Å². The number of hydrazone groups is 1. The molecule has 0 fully saturated rings. The van der Waals surface area contributed by atoms with Crippen molar-refractivity contribution in [1.29, 1.82) is 0 Å². The number of carbonyl (C=O) groups is 2. The van der Waals surface area contributed by atoms with E-state index in [1.807, 2.05) is 37.3 Å². The number of esters is 1. The van der Waals surface area contributed by atoms with Gasteiger partial charge in [-0.25, -0.2) is 14.8 Å². The summed E-state index contributed by atoms with van der Waals surface area (Å²) in [5.74, 6) is 0.323. The zero-order valence-electron chi connectivity index (χ0n) is 16.1. The summed E-state index contributed by atoms with van der Waals surface area (Å²) in [6.45, 7) is 6.95. The molecule has 8 heteroatoms. The third kappa shape index (κ3) is 4.12. The SMILES string of the molecule is CCSC1=N/C(=C\C(C)=C2\N=C(c3ccccc3)OC2=O)C(C)=NN1C(C)=O. The van der Waals surface area contributed by atoms with Crippen LogP contribution in [0.15, 0.2) is 68.5 Å². The van der Waals surface area contributed by atoms with Crippen LogP contribution in [0.25, 0.3) is 0 Å². The summed E-state index contributed by atoms with van der Waals surface area (Å²) in [6, 6.07) is 9.25. The van der Waals surface area contributed by atoms with E-state index in [-0.39, 0.29) is 17.5 Å². The Hall–Kier alpha value is -3.00. The number of cyclic esters (lactones) is 1. The Bertz CT molecular complexity index is 974. The van der Waals surface area contributed by atoms with Crippen LogP contribution in [0, 0.1) is 0 Å². The third-order valence-corrected chi connectivity index (χ3v) is 4.74. The van der Waals surface area contributed by atoms with Gasteiger partial charge in [0, 0.05) is 12.5 Å². The number of thioether (sulfide) groups is 1. The summed E-state index contributed by atoms with van der Waals surface area (Å²) >= 11 is 1.42. The second-order valence-corrected chi connectivity index (χ2v) is 7.31. The number of nitrogens with zero attached hydrogens (tertiary/aromatic N) is 4. The molecule has 3 rings (SSSR count). The molecule has 2 aliphatic rings. The number of amides is 1. The average molecular weight is 396 g/mol. The fourth-order valence-corrected chi connectivity index (χ4v) is 3.29. The molecule has 1 amide bonds. The first-order valence-electron chi connectivity index (χ1n) is 8.77. The van der Waals surface area contributed by atoms with Crippen LogP contribution in [0.5, 0.6) is 0 Å². The summed E-state index contributed by atoms with van der Waals surface area (Å²) < 4.78 is 5.31. The van der Waals surface area contributed by atoms with Crippen LogP contribution in [0.1, 0.15) is 33.3 Å². The molecule has 0 atom stereocenters. The Morgan fingerprint density at radius 2 is 1.93 bits per heavy atom. The minimum Gasteiger partial charge on any atom is -0.402 e. The van der Waals surface area contributed by atoms with Gasteiger partial charge in [0.1, 0.15) is 0 Å². The van der Waals surface area contributed by atoms with E-state index in [1.165, 1.54) is 23.7 Å². The Balaban J connectivity index is 1.97. The number of hydrogen-bond acceptors (Lipinski definition) is 7. The molecule has 144 valence electrons. The lowest BCUT2D eigenvalue weighted by atomic mass is 10.1. The van der Waals surface area contributed by atoms with Crippen molar-refractivity contribution in [1.82, 2.24) is 5.01 Å². The van der Waals surface area contributed by atoms with E-state index < -0.39 is 5.97 Å². The second-order valence-electron chi connectivity index (χ2n) is 6.08. The molecule has 0 aliphatic carbocycles. The minimum atomic E-state index is -0.504. The van der Waals surface area contributed by atoms with Crippen molar-refractivity contribution in [3.8, 4) is 0 Å². The van der Waals surface area contributed by atoms with Crippen molar-refractivity contribution in [3.63, 3.8) is 0 Å². The molecule has 1 aromatic rings. The summed E-state index contributed by atoms with van der Waals surface area (Å²) in [4.78, 5) is 33.0. The van der Waals surface area contributed by atoms with Crippen molar-refractivity contribution >= 4 is 40.4 Å². The van der Waals surface area contributed by atoms with Crippen molar-refractivity contribution in [2.75, 3.05) is 5.75 Å². The van der Waals surface area contributed by atoms with Crippen LogP contribution in [-0.2, 0) is 14.3 Å². The first-order chi connectivity index (χ1) is 13.4. The molecule has 2 aliphatic heterocycles. The predicted molar refractivity (Wildman–Crippen MR) is 111 cm³/mol. The molecular weight excluding hydrogens is 376 g/mol. The normalized spacial score (nSPS) is 19.9. The molecule has 0 saturated carbocycles. The maximum Gasteiger partial charge on any atom is 0.364 e. The quantitative estimate of drug-likeness (QED) is 0.578. The van der Waals surface area contributed by atoms with Crippen LogP contribution in [0.3, 0.4) is 0 Å². The van der Waals surface area contributed by atoms with Gasteiger partial charge in [0.15, 0.2) is 10.9 Å². The van der Waals surface area contributed by atoms with Gasteiger partial charge in [-0.3, -0.25) is 4.79 Å². The predicted octanol–water partition coefficient (Wildman–Crippen LogP) is 3.50. The van der Waals surface area contributed by atoms with E-state index in [2.05, 4.69) is 15.1 Å². The Kier molecular flexibility index (Phi) is 5.89. The van der Waals surface area contributed by atoms with Crippen molar-refractivity contribution < 1.29 is 14.3 Å². The summed E-state index contributed by atoms with van der Waals surface area (Å²) in [5, 5.41) is 6.13. The van der Waals surface area contributed by atoms with Crippen molar-refractivity contribution in [2.24, 2.45) is 15.1 Å². The van der Waals surface area contributed by atoms with Crippen molar-refractivity contribution in [3.05, 3.63) is 58.9 Å². The highest BCUT2D eigenvalue weighted by molar-refractivity contribution is 8.13. The smallest absolute Gasteiger partial charge is 0.364 e. The summed E-state index contributed by atoms with van der Waals surface area (Å²) in [5.41, 5.74) is 2.73. The maximum absolute atomic E-state index is 12.3. The number of amidine groups is 1. The van der Waals surface area contributed by atoms with Gasteiger partial charge in [-0.15, -0.1) is 0 Å². The van der Waals surface area contributed by atoms with Gasteiger partial charge in [-0.05, 0) is 43.4 Å². The molecule has 0 unspecified atom stereocenters. The fourth-order valence-electron chi connectivity index (χ4n) is 2.57. The largest absolute Gasteiger partial charge is 0.402 e. The van der Waals surface area contributed by atoms with E-state index in [9.17, 15) is 9.59 Å². The molecule has 0 aromatic heterocycles. The Labute approximate surface area is 167 Å². The first-order valence-corrected chi connectivity index (χ1v) is 9.76. The third-order valence-electron chi connectivity index (χ3n) is 3.93. The number of allylic oxidation sites excluding steroid dienone is 3. The molecule has 0 spiro atoms. The van der Waals surface area contributed by atoms with Crippen molar-refractivity contribution in [2.45, 2.75) is 27.7 Å². The number of carbonyl (C=O) groups excluding carboxylic acids is 2. The number of rotatable bonds is 3. The van der Waals surface area contributed by atoms with Gasteiger partial charge in [0.25, 0.3) is 0 Å². The van der Waals surface area contributed by atoms with Crippen LogP contribution >= 0.6 is 11.8 Å². The topological polar surface area (TPSA) is 83.7 Å². The van der Waals surface area contributed by atoms with Gasteiger partial charge in [0.05, 0.1) is 11.4 Å². The Morgan fingerprint density at radius 1 is 1.21 bits per heavy atom. The monoisotopic (exact) mass is 396 g/mol. The second kappa shape index (κ2) is 8.35. The molecule has 7 nitrogen and oxygen atoms in total. The number of benzene rings is 1. The number of hydrogen-bond donors (Lipinski definition) is 0. The molecule has 1 aromatic carbocycles. The zero-order chi connectivity index (χ0) is 20.3. The van der Waals surface area contributed by atoms with Gasteiger partial charge < -0.3 is 4.74 Å². The summed E-state index contributed by atoms with van der Waals surface area (Å²) in [7, 11) is 0. The van der Waals surface area contributed by atoms with E-state index in [0.717, 1.165) is 11.3 Å². The highest BCUT2D eigenvalue weighted by atomic mass is 32.2. The van der Waals surface area contributed by atoms with Crippen LogP contribution in [0.2, 0.25) is 0 Å². The minimum absolute atomic E-state index is 0.204. The molecule has 0 radical (unpaired) electrons. The molecule has 2 heterocycles. The molecule has 0 N–H and O–H groups in total. The van der Waals surface area contributed by atoms with E-state index in [0.29, 0.717) is 22.1 Å². The zero-order valence-corrected chi connectivity index (χ0v) is 16.9. The first kappa shape index (κ1) is 19.8. The maximum atomic E-state index is 12.3. The van der Waals surface area contributed by atoms with E-state index in [4.69, 9.17) is 4.74 Å². The van der Waals surface area contributed by atoms with Crippen LogP contribution in [-0.4, -0.2) is 39.4 Å². The molecule has 0 saturated heterocycles. The average Bonchev–Trinajstić information content (AvgIpc) is 3.06. The van der Waals surface area contributed by atoms with E-state index >= 15 is 0 Å². The summed E-state index contributed by atoms with van der Waals surface area (Å²) in [6.07, 6.45) is 1.74. The van der Waals surface area contributed by atoms with Gasteiger partial charge in [-0.2, -0.15) is 10.1 Å². The molecule has 0 bridgehead atoms. The van der Waals surface area contributed by atoms with Gasteiger partial charge >= 0.3 is 5.97 Å². The fraction of sp³-hybridized carbons (Fsp3) is 0.250. The highest BCUT2D eigenvalue weighted by Gasteiger charge is 2.27. The standard InChI is InChI=1S/C20H20N4O3S/c1-5-28-20-21-16(13(3)23-24(20)14(4)25)11-12(2)17-19(26)27-18(22-17)15-9-7-6-8-10-15/h6-11H,5H2,1-4H3/b16-11-,17-12+. The Morgan fingerprint density at radius 3 is 2.57 bits per heavy atom. The molecule has 28 heavy (non-hydrogen) atoms. The number of ether oxygens (including phenoxy) is 1. The lowest BCUT2D eigenvalue weighted by molar-refractivity contribution is -0.130. The van der Waals surface area contributed by atoms with Crippen LogP contribution in [0.4, 0.5) is 0 Å². The van der Waals surface area contributed by atoms with Gasteiger partial charge in [0.2, 0.25) is 11.8 Å². The lowest BCUT2D eigenvalue weighted by Crippen LogP contribution is -2.32. The van der Waals surface area contributed by atoms with Gasteiger partial charge in [-0.1, -0.05) is 36.9 Å². The lowest BCUT2D eigenvalue weighted by Gasteiger charge is -2.22. The number of aliphatic imine (C=N–C) groups is 2. The van der Waals surface area contributed by atoms with Crippen LogP contribution < -0.4 is 0 Å². The highest BCUT2D eigenvalue weighted by Crippen LogP contribution is 2.24. The molecular formula is C20H20N4O3S.